The topological polar surface area (TPSA) is 15.3 Å². The van der Waals surface area contributed by atoms with Crippen LogP contribution in [0.2, 0.25) is 0 Å². The Balaban J connectivity index is 1.71. The lowest BCUT2D eigenvalue weighted by atomic mass is 9.82. The summed E-state index contributed by atoms with van der Waals surface area (Å²) in [5.41, 5.74) is 0. The van der Waals surface area contributed by atoms with Crippen LogP contribution in [-0.4, -0.2) is 36.1 Å². The van der Waals surface area contributed by atoms with Crippen LogP contribution in [0.1, 0.15) is 58.3 Å². The first kappa shape index (κ1) is 12.0. The number of hydrogen-bond donors (Lipinski definition) is 1. The second-order valence-electron chi connectivity index (χ2n) is 6.62. The number of hydrogen-bond acceptors (Lipinski definition) is 2. The standard InChI is InChI=1S/C15H28N2/c1-11-5-3-4-6-15(11)17-13-7-8-14(17)10-12(9-13)16-2/h11-16H,3-10H2,1-2H3. The smallest absolute Gasteiger partial charge is 0.0127 e. The van der Waals surface area contributed by atoms with Gasteiger partial charge in [-0.25, -0.2) is 0 Å². The van der Waals surface area contributed by atoms with E-state index >= 15 is 0 Å². The average Bonchev–Trinajstić information content (AvgIpc) is 2.60. The first-order valence-corrected chi connectivity index (χ1v) is 7.74. The van der Waals surface area contributed by atoms with Gasteiger partial charge in [0.15, 0.2) is 0 Å². The molecular formula is C15H28N2. The zero-order chi connectivity index (χ0) is 11.8. The van der Waals surface area contributed by atoms with Crippen LogP contribution in [0.25, 0.3) is 0 Å². The Morgan fingerprint density at radius 2 is 1.59 bits per heavy atom. The molecule has 17 heavy (non-hydrogen) atoms. The highest BCUT2D eigenvalue weighted by Gasteiger charge is 2.44. The maximum absolute atomic E-state index is 3.51. The molecular weight excluding hydrogens is 208 g/mol. The summed E-state index contributed by atoms with van der Waals surface area (Å²) in [5.74, 6) is 0.943. The molecule has 4 unspecified atom stereocenters. The van der Waals surface area contributed by atoms with Crippen LogP contribution >= 0.6 is 0 Å². The van der Waals surface area contributed by atoms with E-state index in [1.54, 1.807) is 0 Å². The second-order valence-corrected chi connectivity index (χ2v) is 6.62. The second kappa shape index (κ2) is 4.89. The van der Waals surface area contributed by atoms with E-state index in [1.165, 1.54) is 51.4 Å². The van der Waals surface area contributed by atoms with Gasteiger partial charge in [-0.15, -0.1) is 0 Å². The molecule has 3 rings (SSSR count). The van der Waals surface area contributed by atoms with Gasteiger partial charge in [0.1, 0.15) is 0 Å². The predicted molar refractivity (Wildman–Crippen MR) is 72.2 cm³/mol. The van der Waals surface area contributed by atoms with Crippen molar-refractivity contribution in [2.45, 2.75) is 82.5 Å². The van der Waals surface area contributed by atoms with Crippen molar-refractivity contribution in [3.05, 3.63) is 0 Å². The van der Waals surface area contributed by atoms with E-state index in [1.807, 2.05) is 0 Å². The Hall–Kier alpha value is -0.0800. The quantitative estimate of drug-likeness (QED) is 0.793. The van der Waals surface area contributed by atoms with E-state index in [-0.39, 0.29) is 0 Å². The molecule has 98 valence electrons. The summed E-state index contributed by atoms with van der Waals surface area (Å²) in [7, 11) is 2.14. The summed E-state index contributed by atoms with van der Waals surface area (Å²) in [6.07, 6.45) is 11.6. The van der Waals surface area contributed by atoms with Crippen molar-refractivity contribution in [1.29, 1.82) is 0 Å². The number of nitrogens with zero attached hydrogens (tertiary/aromatic N) is 1. The summed E-state index contributed by atoms with van der Waals surface area (Å²) in [6, 6.07) is 3.51. The molecule has 3 aliphatic rings. The van der Waals surface area contributed by atoms with Gasteiger partial charge in [0.25, 0.3) is 0 Å². The van der Waals surface area contributed by atoms with E-state index < -0.39 is 0 Å². The summed E-state index contributed by atoms with van der Waals surface area (Å²) < 4.78 is 0. The van der Waals surface area contributed by atoms with Gasteiger partial charge in [-0.3, -0.25) is 4.90 Å². The van der Waals surface area contributed by atoms with E-state index in [9.17, 15) is 0 Å². The molecule has 2 heterocycles. The van der Waals surface area contributed by atoms with Gasteiger partial charge in [0, 0.05) is 24.2 Å². The lowest BCUT2D eigenvalue weighted by molar-refractivity contribution is 0.0272. The van der Waals surface area contributed by atoms with Crippen LogP contribution in [0.15, 0.2) is 0 Å². The third kappa shape index (κ3) is 2.15. The number of fused-ring (bicyclic) bond motifs is 2. The maximum Gasteiger partial charge on any atom is 0.0127 e. The van der Waals surface area contributed by atoms with Gasteiger partial charge in [0.2, 0.25) is 0 Å². The van der Waals surface area contributed by atoms with Gasteiger partial charge in [0.05, 0.1) is 0 Å². The fourth-order valence-electron chi connectivity index (χ4n) is 4.73. The minimum absolute atomic E-state index is 0.794. The highest BCUT2D eigenvalue weighted by Crippen LogP contribution is 2.41. The van der Waals surface area contributed by atoms with Crippen molar-refractivity contribution in [2.24, 2.45) is 5.92 Å². The first-order chi connectivity index (χ1) is 8.29. The molecule has 2 bridgehead atoms. The van der Waals surface area contributed by atoms with Crippen LogP contribution < -0.4 is 5.32 Å². The summed E-state index contributed by atoms with van der Waals surface area (Å²) in [5, 5.41) is 3.51. The lowest BCUT2D eigenvalue weighted by Gasteiger charge is -2.47. The molecule has 4 atom stereocenters. The zero-order valence-electron chi connectivity index (χ0n) is 11.5. The Labute approximate surface area is 106 Å². The third-order valence-corrected chi connectivity index (χ3v) is 5.65. The van der Waals surface area contributed by atoms with E-state index in [2.05, 4.69) is 24.2 Å². The molecule has 0 aromatic rings. The maximum atomic E-state index is 3.51. The molecule has 1 N–H and O–H groups in total. The van der Waals surface area contributed by atoms with Crippen LogP contribution in [-0.2, 0) is 0 Å². The van der Waals surface area contributed by atoms with E-state index in [0.29, 0.717) is 0 Å². The number of rotatable bonds is 2. The Kier molecular flexibility index (Phi) is 3.45. The Morgan fingerprint density at radius 3 is 2.18 bits per heavy atom. The number of piperidine rings is 1. The summed E-state index contributed by atoms with van der Waals surface area (Å²) in [6.45, 7) is 2.49. The van der Waals surface area contributed by atoms with Gasteiger partial charge in [-0.05, 0) is 51.5 Å². The molecule has 1 saturated carbocycles. The van der Waals surface area contributed by atoms with Gasteiger partial charge in [-0.2, -0.15) is 0 Å². The molecule has 1 aliphatic carbocycles. The van der Waals surface area contributed by atoms with Crippen LogP contribution in [0.4, 0.5) is 0 Å². The highest BCUT2D eigenvalue weighted by atomic mass is 15.3. The van der Waals surface area contributed by atoms with Crippen molar-refractivity contribution in [2.75, 3.05) is 7.05 Å². The predicted octanol–water partition coefficient (Wildman–Crippen LogP) is 2.78. The Bertz CT molecular complexity index is 252. The van der Waals surface area contributed by atoms with Gasteiger partial charge in [-0.1, -0.05) is 19.8 Å². The van der Waals surface area contributed by atoms with Crippen molar-refractivity contribution >= 4 is 0 Å². The SMILES string of the molecule is CNC1CC2CCC(C1)N2C1CCCCC1C. The summed E-state index contributed by atoms with van der Waals surface area (Å²) >= 11 is 0. The van der Waals surface area contributed by atoms with Crippen LogP contribution in [0.5, 0.6) is 0 Å². The van der Waals surface area contributed by atoms with Crippen molar-refractivity contribution in [3.8, 4) is 0 Å². The van der Waals surface area contributed by atoms with Gasteiger partial charge < -0.3 is 5.32 Å². The molecule has 0 amide bonds. The fraction of sp³-hybridized carbons (Fsp3) is 1.00. The van der Waals surface area contributed by atoms with E-state index in [4.69, 9.17) is 0 Å². The van der Waals surface area contributed by atoms with Crippen molar-refractivity contribution in [1.82, 2.24) is 10.2 Å². The van der Waals surface area contributed by atoms with Crippen molar-refractivity contribution in [3.63, 3.8) is 0 Å². The third-order valence-electron chi connectivity index (χ3n) is 5.65. The summed E-state index contributed by atoms with van der Waals surface area (Å²) in [4.78, 5) is 2.96. The number of nitrogens with one attached hydrogen (secondary N) is 1. The molecule has 2 saturated heterocycles. The largest absolute Gasteiger partial charge is 0.317 e. The fourth-order valence-corrected chi connectivity index (χ4v) is 4.73. The minimum atomic E-state index is 0.794. The zero-order valence-corrected chi connectivity index (χ0v) is 11.5. The monoisotopic (exact) mass is 236 g/mol. The first-order valence-electron chi connectivity index (χ1n) is 7.74. The molecule has 2 heteroatoms. The Morgan fingerprint density at radius 1 is 0.941 bits per heavy atom. The molecule has 0 radical (unpaired) electrons. The molecule has 2 aliphatic heterocycles. The van der Waals surface area contributed by atoms with Crippen molar-refractivity contribution < 1.29 is 0 Å². The van der Waals surface area contributed by atoms with Crippen LogP contribution in [0, 0.1) is 5.92 Å². The molecule has 0 aromatic heterocycles. The highest BCUT2D eigenvalue weighted by molar-refractivity contribution is 5.01. The molecule has 0 spiro atoms. The lowest BCUT2D eigenvalue weighted by Crippen LogP contribution is -2.54. The molecule has 0 aromatic carbocycles. The van der Waals surface area contributed by atoms with Gasteiger partial charge >= 0.3 is 0 Å². The average molecular weight is 236 g/mol. The van der Waals surface area contributed by atoms with E-state index in [0.717, 1.165) is 30.1 Å². The van der Waals surface area contributed by atoms with Crippen LogP contribution in [0.3, 0.4) is 0 Å². The normalized spacial score (nSPS) is 47.3. The molecule has 3 fully saturated rings. The molecule has 2 nitrogen and oxygen atoms in total. The minimum Gasteiger partial charge on any atom is -0.317 e.